The fourth-order valence-corrected chi connectivity index (χ4v) is 2.61. The van der Waals surface area contributed by atoms with E-state index < -0.39 is 15.3 Å². The van der Waals surface area contributed by atoms with Crippen LogP contribution in [0.2, 0.25) is 0 Å². The molecule has 0 heterocycles. The Morgan fingerprint density at radius 1 is 1.17 bits per heavy atom. The Hall–Kier alpha value is -0.170. The Bertz CT molecular complexity index is 315. The maximum Gasteiger partial charge on any atom is 0.217 e. The van der Waals surface area contributed by atoms with Crippen LogP contribution in [0.15, 0.2) is 0 Å². The molecule has 0 aliphatic rings. The van der Waals surface area contributed by atoms with Crippen LogP contribution in [0.25, 0.3) is 0 Å². The first kappa shape index (κ1) is 17.8. The maximum atomic E-state index is 12.1. The number of sulfonamides is 1. The summed E-state index contributed by atoms with van der Waals surface area (Å²) >= 11 is 0. The molecule has 1 unspecified atom stereocenters. The van der Waals surface area contributed by atoms with Gasteiger partial charge < -0.3 is 10.1 Å². The molecular formula is C12H28N2O3S. The van der Waals surface area contributed by atoms with Crippen LogP contribution in [0.4, 0.5) is 0 Å². The van der Waals surface area contributed by atoms with Gasteiger partial charge in [-0.25, -0.2) is 12.7 Å². The van der Waals surface area contributed by atoms with Gasteiger partial charge in [0.2, 0.25) is 10.0 Å². The van der Waals surface area contributed by atoms with Crippen molar-refractivity contribution < 1.29 is 13.2 Å². The molecule has 1 N–H and O–H groups in total. The fraction of sp³-hybridized carbons (Fsp3) is 1.00. The molecule has 0 aromatic rings. The van der Waals surface area contributed by atoms with Gasteiger partial charge in [0.05, 0.1) is 18.0 Å². The highest BCUT2D eigenvalue weighted by Crippen LogP contribution is 2.06. The molecule has 0 aromatic heterocycles. The Morgan fingerprint density at radius 3 is 2.17 bits per heavy atom. The molecule has 0 aliphatic heterocycles. The number of ether oxygens (including phenoxy) is 1. The second-order valence-electron chi connectivity index (χ2n) is 5.16. The molecule has 18 heavy (non-hydrogen) atoms. The first-order chi connectivity index (χ1) is 8.17. The van der Waals surface area contributed by atoms with Gasteiger partial charge in [0, 0.05) is 26.2 Å². The maximum absolute atomic E-state index is 12.1. The zero-order valence-corrected chi connectivity index (χ0v) is 13.3. The predicted octanol–water partition coefficient (Wildman–Crippen LogP) is 1.06. The zero-order valence-electron chi connectivity index (χ0n) is 12.4. The summed E-state index contributed by atoms with van der Waals surface area (Å²) in [5, 5.41) is 2.72. The third-order valence-corrected chi connectivity index (χ3v) is 4.85. The van der Waals surface area contributed by atoms with E-state index in [4.69, 9.17) is 4.74 Å². The SMILES string of the molecule is CC(C)NCC(C)S(=O)(=O)N(C)CCOC(C)C. The highest BCUT2D eigenvalue weighted by atomic mass is 32.2. The van der Waals surface area contributed by atoms with Crippen molar-refractivity contribution >= 4 is 10.0 Å². The summed E-state index contributed by atoms with van der Waals surface area (Å²) in [6.07, 6.45) is 0.126. The lowest BCUT2D eigenvalue weighted by Crippen LogP contribution is -2.42. The van der Waals surface area contributed by atoms with E-state index in [-0.39, 0.29) is 12.1 Å². The van der Waals surface area contributed by atoms with Crippen molar-refractivity contribution in [3.8, 4) is 0 Å². The molecule has 0 radical (unpaired) electrons. The molecule has 0 aromatic carbocycles. The van der Waals surface area contributed by atoms with Crippen molar-refractivity contribution in [2.24, 2.45) is 0 Å². The standard InChI is InChI=1S/C12H28N2O3S/c1-10(2)13-9-12(5)18(15,16)14(6)7-8-17-11(3)4/h10-13H,7-9H2,1-6H3. The lowest BCUT2D eigenvalue weighted by atomic mass is 10.3. The van der Waals surface area contributed by atoms with Gasteiger partial charge in [0.25, 0.3) is 0 Å². The number of likely N-dealkylation sites (N-methyl/N-ethyl adjacent to an activating group) is 1. The van der Waals surface area contributed by atoms with E-state index in [1.807, 2.05) is 27.7 Å². The minimum atomic E-state index is -3.24. The van der Waals surface area contributed by atoms with Gasteiger partial charge in [-0.15, -0.1) is 0 Å². The minimum absolute atomic E-state index is 0.126. The van der Waals surface area contributed by atoms with Gasteiger partial charge >= 0.3 is 0 Å². The molecule has 5 nitrogen and oxygen atoms in total. The monoisotopic (exact) mass is 280 g/mol. The summed E-state index contributed by atoms with van der Waals surface area (Å²) < 4.78 is 31.0. The van der Waals surface area contributed by atoms with E-state index in [9.17, 15) is 8.42 Å². The molecule has 0 rings (SSSR count). The average Bonchev–Trinajstić information content (AvgIpc) is 2.24. The Morgan fingerprint density at radius 2 is 1.72 bits per heavy atom. The number of hydrogen-bond donors (Lipinski definition) is 1. The quantitative estimate of drug-likeness (QED) is 0.686. The number of nitrogens with one attached hydrogen (secondary N) is 1. The highest BCUT2D eigenvalue weighted by Gasteiger charge is 2.25. The van der Waals surface area contributed by atoms with Crippen LogP contribution in [0.5, 0.6) is 0 Å². The highest BCUT2D eigenvalue weighted by molar-refractivity contribution is 7.89. The van der Waals surface area contributed by atoms with E-state index in [0.29, 0.717) is 19.7 Å². The second kappa shape index (κ2) is 8.09. The number of nitrogens with zero attached hydrogens (tertiary/aromatic N) is 1. The van der Waals surface area contributed by atoms with Crippen LogP contribution in [-0.2, 0) is 14.8 Å². The van der Waals surface area contributed by atoms with Crippen molar-refractivity contribution in [1.82, 2.24) is 9.62 Å². The fourth-order valence-electron chi connectivity index (χ4n) is 1.36. The molecule has 0 saturated carbocycles. The topological polar surface area (TPSA) is 58.6 Å². The summed E-state index contributed by atoms with van der Waals surface area (Å²) in [5.74, 6) is 0. The van der Waals surface area contributed by atoms with Crippen LogP contribution in [0.1, 0.15) is 34.6 Å². The van der Waals surface area contributed by atoms with Gasteiger partial charge in [0.1, 0.15) is 0 Å². The summed E-state index contributed by atoms with van der Waals surface area (Å²) in [4.78, 5) is 0. The molecule has 0 amide bonds. The van der Waals surface area contributed by atoms with Crippen molar-refractivity contribution in [3.05, 3.63) is 0 Å². The summed E-state index contributed by atoms with van der Waals surface area (Å²) in [6.45, 7) is 10.9. The Kier molecular flexibility index (Phi) is 8.02. The zero-order chi connectivity index (χ0) is 14.3. The van der Waals surface area contributed by atoms with E-state index in [0.717, 1.165) is 0 Å². The van der Waals surface area contributed by atoms with Crippen LogP contribution in [-0.4, -0.2) is 56.9 Å². The van der Waals surface area contributed by atoms with Gasteiger partial charge in [-0.3, -0.25) is 0 Å². The smallest absolute Gasteiger partial charge is 0.217 e. The third-order valence-electron chi connectivity index (χ3n) is 2.61. The largest absolute Gasteiger partial charge is 0.377 e. The van der Waals surface area contributed by atoms with E-state index in [1.165, 1.54) is 4.31 Å². The normalized spacial score (nSPS) is 14.7. The second-order valence-corrected chi connectivity index (χ2v) is 7.62. The van der Waals surface area contributed by atoms with E-state index in [1.54, 1.807) is 14.0 Å². The molecular weight excluding hydrogens is 252 g/mol. The first-order valence-corrected chi connectivity index (χ1v) is 7.98. The first-order valence-electron chi connectivity index (χ1n) is 6.48. The lowest BCUT2D eigenvalue weighted by molar-refractivity contribution is 0.0736. The summed E-state index contributed by atoms with van der Waals surface area (Å²) in [5.41, 5.74) is 0. The van der Waals surface area contributed by atoms with Gasteiger partial charge in [0.15, 0.2) is 0 Å². The summed E-state index contributed by atoms with van der Waals surface area (Å²) in [6, 6.07) is 0.289. The molecule has 1 atom stereocenters. The molecule has 0 spiro atoms. The van der Waals surface area contributed by atoms with Crippen molar-refractivity contribution in [2.75, 3.05) is 26.7 Å². The number of rotatable bonds is 9. The molecule has 6 heteroatoms. The van der Waals surface area contributed by atoms with Gasteiger partial charge in [-0.05, 0) is 20.8 Å². The van der Waals surface area contributed by atoms with Gasteiger partial charge in [-0.1, -0.05) is 13.8 Å². The molecule has 0 aliphatic carbocycles. The van der Waals surface area contributed by atoms with E-state index in [2.05, 4.69) is 5.32 Å². The van der Waals surface area contributed by atoms with Gasteiger partial charge in [-0.2, -0.15) is 0 Å². The van der Waals surface area contributed by atoms with Crippen molar-refractivity contribution in [1.29, 1.82) is 0 Å². The predicted molar refractivity (Wildman–Crippen MR) is 75.2 cm³/mol. The Balaban J connectivity index is 4.25. The van der Waals surface area contributed by atoms with Crippen molar-refractivity contribution in [3.63, 3.8) is 0 Å². The molecule has 110 valence electrons. The molecule has 0 bridgehead atoms. The van der Waals surface area contributed by atoms with E-state index >= 15 is 0 Å². The lowest BCUT2D eigenvalue weighted by Gasteiger charge is -2.23. The van der Waals surface area contributed by atoms with Crippen LogP contribution >= 0.6 is 0 Å². The average molecular weight is 280 g/mol. The molecule has 0 saturated heterocycles. The summed E-state index contributed by atoms with van der Waals surface area (Å²) in [7, 11) is -1.64. The third kappa shape index (κ3) is 6.68. The van der Waals surface area contributed by atoms with Crippen molar-refractivity contribution in [2.45, 2.75) is 52.0 Å². The Labute approximate surface area is 112 Å². The van der Waals surface area contributed by atoms with Crippen LogP contribution in [0, 0.1) is 0 Å². The van der Waals surface area contributed by atoms with Crippen LogP contribution in [0.3, 0.4) is 0 Å². The number of hydrogen-bond acceptors (Lipinski definition) is 4. The minimum Gasteiger partial charge on any atom is -0.377 e. The molecule has 0 fully saturated rings. The van der Waals surface area contributed by atoms with Crippen LogP contribution < -0.4 is 5.32 Å².